The Morgan fingerprint density at radius 1 is 1.12 bits per heavy atom. The lowest BCUT2D eigenvalue weighted by molar-refractivity contribution is -0.192. The van der Waals surface area contributed by atoms with E-state index in [-0.39, 0.29) is 18.0 Å². The number of hydrogen-bond donors (Lipinski definition) is 3. The van der Waals surface area contributed by atoms with E-state index in [9.17, 15) is 22.8 Å². The van der Waals surface area contributed by atoms with Crippen molar-refractivity contribution in [2.24, 2.45) is 0 Å². The fourth-order valence-corrected chi connectivity index (χ4v) is 5.73. The number of alkyl halides is 3. The third kappa shape index (κ3) is 7.62. The zero-order chi connectivity index (χ0) is 30.4. The minimum atomic E-state index is -5.08. The molecule has 1 fully saturated rings. The van der Waals surface area contributed by atoms with Crippen LogP contribution in [0.2, 0.25) is 0 Å². The molecule has 42 heavy (non-hydrogen) atoms. The molecule has 1 atom stereocenters. The van der Waals surface area contributed by atoms with E-state index in [2.05, 4.69) is 33.6 Å². The van der Waals surface area contributed by atoms with Gasteiger partial charge in [-0.2, -0.15) is 18.4 Å². The summed E-state index contributed by atoms with van der Waals surface area (Å²) in [6, 6.07) is 16.1. The van der Waals surface area contributed by atoms with Crippen molar-refractivity contribution in [3.63, 3.8) is 0 Å². The maximum absolute atomic E-state index is 13.0. The molecule has 220 valence electrons. The first kappa shape index (κ1) is 30.5. The van der Waals surface area contributed by atoms with Crippen molar-refractivity contribution < 1.29 is 32.7 Å². The lowest BCUT2D eigenvalue weighted by Crippen LogP contribution is -2.34. The molecular formula is C28H27F3N6O4S. The topological polar surface area (TPSA) is 139 Å². The molecule has 14 heteroatoms. The minimum absolute atomic E-state index is 0.121. The van der Waals surface area contributed by atoms with Crippen molar-refractivity contribution in [1.82, 2.24) is 14.8 Å². The number of amides is 3. The molecule has 3 amide bonds. The molecule has 3 aromatic rings. The molecule has 0 radical (unpaired) electrons. The zero-order valence-electron chi connectivity index (χ0n) is 22.4. The number of fused-ring (bicyclic) bond motifs is 1. The number of aromatic nitrogens is 1. The van der Waals surface area contributed by atoms with Crippen LogP contribution in [0.15, 0.2) is 48.5 Å². The molecule has 0 unspecified atom stereocenters. The van der Waals surface area contributed by atoms with Crippen LogP contribution in [0.25, 0.3) is 0 Å². The standard InChI is InChI=1S/C26H26N6O2S.C2HF3O2/c1-31-12-10-21-23(16-31)35-25(29-21)30-24(33)19-7-3-6-18(14-19)22-9-4-11-32(22)26(34)28-20-8-2-5-17(13-20)15-27;3-2(4,5)1(6)7/h2-3,5-8,13-14,22H,4,9-12,16H2,1H3,(H,28,34)(H,29,30,33);(H,6,7)/t22-;/m0./s1. The Balaban J connectivity index is 0.000000517. The molecule has 0 aliphatic carbocycles. The summed E-state index contributed by atoms with van der Waals surface area (Å²) in [5.74, 6) is -2.96. The Morgan fingerprint density at radius 2 is 1.86 bits per heavy atom. The van der Waals surface area contributed by atoms with Gasteiger partial charge in [0, 0.05) is 42.2 Å². The van der Waals surface area contributed by atoms with Gasteiger partial charge in [0.1, 0.15) is 0 Å². The van der Waals surface area contributed by atoms with Gasteiger partial charge < -0.3 is 20.2 Å². The highest BCUT2D eigenvalue weighted by Crippen LogP contribution is 2.33. The molecule has 0 bridgehead atoms. The maximum atomic E-state index is 13.0. The monoisotopic (exact) mass is 600 g/mol. The van der Waals surface area contributed by atoms with E-state index in [1.165, 1.54) is 16.2 Å². The van der Waals surface area contributed by atoms with E-state index < -0.39 is 12.1 Å². The Hall–Kier alpha value is -4.48. The summed E-state index contributed by atoms with van der Waals surface area (Å²) >= 11 is 1.53. The van der Waals surface area contributed by atoms with Crippen molar-refractivity contribution in [2.75, 3.05) is 30.8 Å². The van der Waals surface area contributed by atoms with E-state index >= 15 is 0 Å². The molecule has 1 saturated heterocycles. The van der Waals surface area contributed by atoms with Crippen molar-refractivity contribution in [2.45, 2.75) is 38.0 Å². The van der Waals surface area contributed by atoms with Crippen LogP contribution in [-0.2, 0) is 17.8 Å². The van der Waals surface area contributed by atoms with Crippen molar-refractivity contribution in [3.8, 4) is 6.07 Å². The fraction of sp³-hybridized carbons (Fsp3) is 0.321. The summed E-state index contributed by atoms with van der Waals surface area (Å²) in [4.78, 5) is 44.8. The van der Waals surface area contributed by atoms with Crippen LogP contribution in [0.4, 0.5) is 28.8 Å². The van der Waals surface area contributed by atoms with Gasteiger partial charge in [0.15, 0.2) is 5.13 Å². The Labute approximate surface area is 243 Å². The molecule has 3 heterocycles. The summed E-state index contributed by atoms with van der Waals surface area (Å²) in [5, 5.41) is 22.7. The molecule has 2 aliphatic heterocycles. The van der Waals surface area contributed by atoms with E-state index in [4.69, 9.17) is 15.2 Å². The first-order chi connectivity index (χ1) is 19.9. The third-order valence-corrected chi connectivity index (χ3v) is 7.67. The molecule has 0 spiro atoms. The molecule has 2 aliphatic rings. The zero-order valence-corrected chi connectivity index (χ0v) is 23.3. The number of carbonyl (C=O) groups excluding carboxylic acids is 2. The van der Waals surface area contributed by atoms with Crippen molar-refractivity contribution in [3.05, 3.63) is 75.8 Å². The van der Waals surface area contributed by atoms with E-state index in [0.29, 0.717) is 28.5 Å². The predicted octanol–water partition coefficient (Wildman–Crippen LogP) is 5.26. The first-order valence-corrected chi connectivity index (χ1v) is 13.7. The van der Waals surface area contributed by atoms with E-state index in [1.54, 1.807) is 35.2 Å². The normalized spacial score (nSPS) is 16.5. The lowest BCUT2D eigenvalue weighted by Gasteiger charge is -2.25. The molecule has 10 nitrogen and oxygen atoms in total. The number of benzene rings is 2. The smallest absolute Gasteiger partial charge is 0.475 e. The predicted molar refractivity (Wildman–Crippen MR) is 149 cm³/mol. The van der Waals surface area contributed by atoms with E-state index in [0.717, 1.165) is 43.6 Å². The number of anilines is 2. The number of nitrogens with zero attached hydrogens (tertiary/aromatic N) is 4. The van der Waals surface area contributed by atoms with Gasteiger partial charge in [-0.3, -0.25) is 10.1 Å². The lowest BCUT2D eigenvalue weighted by atomic mass is 10.0. The van der Waals surface area contributed by atoms with E-state index in [1.807, 2.05) is 18.2 Å². The molecule has 0 saturated carbocycles. The summed E-state index contributed by atoms with van der Waals surface area (Å²) in [7, 11) is 2.09. The SMILES string of the molecule is CN1CCc2nc(NC(=O)c3cccc([C@@H]4CCCN4C(=O)Nc4cccc(C#N)c4)c3)sc2C1.O=C(O)C(F)(F)F. The molecular weight excluding hydrogens is 573 g/mol. The number of nitriles is 1. The summed E-state index contributed by atoms with van der Waals surface area (Å²) in [6.07, 6.45) is -2.48. The Bertz CT molecular complexity index is 1520. The number of halogens is 3. The molecule has 2 aromatic carbocycles. The fourth-order valence-electron chi connectivity index (χ4n) is 4.65. The van der Waals surface area contributed by atoms with Crippen LogP contribution in [0.5, 0.6) is 0 Å². The number of hydrogen-bond acceptors (Lipinski definition) is 7. The number of likely N-dealkylation sites (tertiary alicyclic amines) is 1. The molecule has 3 N–H and O–H groups in total. The van der Waals surface area contributed by atoms with Crippen LogP contribution in [0.3, 0.4) is 0 Å². The average molecular weight is 601 g/mol. The summed E-state index contributed by atoms with van der Waals surface area (Å²) < 4.78 is 31.7. The second-order valence-corrected chi connectivity index (χ2v) is 10.8. The highest BCUT2D eigenvalue weighted by Gasteiger charge is 2.38. The number of nitrogens with one attached hydrogen (secondary N) is 2. The van der Waals surface area contributed by atoms with Gasteiger partial charge in [-0.05, 0) is 55.8 Å². The van der Waals surface area contributed by atoms with Crippen LogP contribution < -0.4 is 10.6 Å². The molecule has 5 rings (SSSR count). The second kappa shape index (κ2) is 13.0. The summed E-state index contributed by atoms with van der Waals surface area (Å²) in [5.41, 5.74) is 3.63. The highest BCUT2D eigenvalue weighted by atomic mass is 32.1. The van der Waals surface area contributed by atoms with Gasteiger partial charge in [0.05, 0.1) is 23.4 Å². The largest absolute Gasteiger partial charge is 0.490 e. The summed E-state index contributed by atoms with van der Waals surface area (Å²) in [6.45, 7) is 2.46. The number of thiazole rings is 1. The quantitative estimate of drug-likeness (QED) is 0.372. The number of aliphatic carboxylic acids is 1. The van der Waals surface area contributed by atoms with Crippen LogP contribution >= 0.6 is 11.3 Å². The highest BCUT2D eigenvalue weighted by molar-refractivity contribution is 7.15. The Kier molecular flexibility index (Phi) is 9.44. The number of urea groups is 1. The van der Waals surface area contributed by atoms with Gasteiger partial charge in [0.2, 0.25) is 0 Å². The van der Waals surface area contributed by atoms with Crippen LogP contribution in [-0.4, -0.2) is 64.1 Å². The van der Waals surface area contributed by atoms with Gasteiger partial charge in [0.25, 0.3) is 5.91 Å². The van der Waals surface area contributed by atoms with Gasteiger partial charge >= 0.3 is 18.2 Å². The van der Waals surface area contributed by atoms with Gasteiger partial charge in [-0.1, -0.05) is 18.2 Å². The first-order valence-electron chi connectivity index (χ1n) is 12.9. The Morgan fingerprint density at radius 3 is 2.57 bits per heavy atom. The number of rotatable bonds is 4. The second-order valence-electron chi connectivity index (χ2n) is 9.73. The van der Waals surface area contributed by atoms with Crippen molar-refractivity contribution >= 4 is 40.1 Å². The van der Waals surface area contributed by atoms with Crippen molar-refractivity contribution in [1.29, 1.82) is 5.26 Å². The molecule has 1 aromatic heterocycles. The number of carbonyl (C=O) groups is 3. The van der Waals surface area contributed by atoms with Crippen LogP contribution in [0, 0.1) is 11.3 Å². The minimum Gasteiger partial charge on any atom is -0.475 e. The number of likely N-dealkylation sites (N-methyl/N-ethyl adjacent to an activating group) is 1. The number of carboxylic acid groups (broad SMARTS) is 1. The number of carboxylic acids is 1. The van der Waals surface area contributed by atoms with Crippen LogP contribution in [0.1, 0.15) is 50.9 Å². The maximum Gasteiger partial charge on any atom is 0.490 e. The van der Waals surface area contributed by atoms with Gasteiger partial charge in [-0.15, -0.1) is 11.3 Å². The average Bonchev–Trinajstić information content (AvgIpc) is 3.60. The third-order valence-electron chi connectivity index (χ3n) is 6.68. The van der Waals surface area contributed by atoms with Gasteiger partial charge in [-0.25, -0.2) is 14.6 Å².